The summed E-state index contributed by atoms with van der Waals surface area (Å²) in [5, 5.41) is 3.33. The average Bonchev–Trinajstić information content (AvgIpc) is 2.01. The summed E-state index contributed by atoms with van der Waals surface area (Å²) in [5.41, 5.74) is 0. The topological polar surface area (TPSA) is 24.4 Å². The molecule has 1 aliphatic heterocycles. The third kappa shape index (κ3) is 2.93. The molecular weight excluding hydrogens is 160 g/mol. The number of aliphatic imine (C=N–C) groups is 1. The van der Waals surface area contributed by atoms with Crippen LogP contribution < -0.4 is 5.32 Å². The lowest BCUT2D eigenvalue weighted by molar-refractivity contribution is 0.650. The molecule has 0 radical (unpaired) electrons. The normalized spacial score (nSPS) is 22.7. The van der Waals surface area contributed by atoms with E-state index in [2.05, 4.69) is 17.2 Å². The molecule has 62 valence electrons. The van der Waals surface area contributed by atoms with E-state index in [-0.39, 0.29) is 0 Å². The maximum atomic E-state index is 5.68. The van der Waals surface area contributed by atoms with Crippen molar-refractivity contribution in [2.75, 3.05) is 0 Å². The summed E-state index contributed by atoms with van der Waals surface area (Å²) in [6, 6.07) is 0.295. The molecule has 1 rings (SSSR count). The van der Waals surface area contributed by atoms with E-state index in [9.17, 15) is 0 Å². The minimum Gasteiger partial charge on any atom is -0.337 e. The first-order chi connectivity index (χ1) is 5.33. The van der Waals surface area contributed by atoms with Crippen molar-refractivity contribution >= 4 is 16.9 Å². The third-order valence-corrected chi connectivity index (χ3v) is 1.86. The minimum absolute atomic E-state index is 0.295. The van der Waals surface area contributed by atoms with Gasteiger partial charge < -0.3 is 5.32 Å². The number of nitrogens with zero attached hydrogens (tertiary/aromatic N) is 1. The summed E-state index contributed by atoms with van der Waals surface area (Å²) >= 11 is 5.68. The molecule has 0 aromatic rings. The summed E-state index contributed by atoms with van der Waals surface area (Å²) in [6.07, 6.45) is 7.43. The van der Waals surface area contributed by atoms with Crippen LogP contribution in [0.1, 0.15) is 26.2 Å². The van der Waals surface area contributed by atoms with Crippen LogP contribution in [0.25, 0.3) is 0 Å². The Morgan fingerprint density at radius 2 is 2.55 bits per heavy atom. The van der Waals surface area contributed by atoms with E-state index in [4.69, 9.17) is 11.6 Å². The maximum absolute atomic E-state index is 5.68. The monoisotopic (exact) mass is 172 g/mol. The van der Waals surface area contributed by atoms with Crippen LogP contribution >= 0.6 is 11.6 Å². The van der Waals surface area contributed by atoms with Crippen LogP contribution in [-0.4, -0.2) is 11.3 Å². The Kier molecular flexibility index (Phi) is 3.43. The van der Waals surface area contributed by atoms with Gasteiger partial charge in [-0.05, 0) is 24.1 Å². The second-order valence-electron chi connectivity index (χ2n) is 2.63. The Hall–Kier alpha value is -0.500. The smallest absolute Gasteiger partial charge is 0.195 e. The van der Waals surface area contributed by atoms with Crippen molar-refractivity contribution in [1.82, 2.24) is 5.32 Å². The Morgan fingerprint density at radius 1 is 1.73 bits per heavy atom. The van der Waals surface area contributed by atoms with E-state index >= 15 is 0 Å². The minimum atomic E-state index is 0.295. The van der Waals surface area contributed by atoms with Crippen LogP contribution in [0.5, 0.6) is 0 Å². The number of hydrogen-bond acceptors (Lipinski definition) is 2. The molecular formula is C8H13ClN2. The molecule has 3 heteroatoms. The Labute approximate surface area is 72.3 Å². The molecule has 0 aromatic carbocycles. The average molecular weight is 173 g/mol. The fourth-order valence-corrected chi connectivity index (χ4v) is 1.22. The molecule has 0 bridgehead atoms. The van der Waals surface area contributed by atoms with Crippen LogP contribution in [0.4, 0.5) is 0 Å². The number of rotatable bonds is 3. The lowest BCUT2D eigenvalue weighted by Gasteiger charge is -2.12. The number of unbranched alkanes of at least 4 members (excludes halogenated alkanes) is 1. The number of hydrogen-bond donors (Lipinski definition) is 1. The summed E-state index contributed by atoms with van der Waals surface area (Å²) in [7, 11) is 0. The number of halogens is 1. The Balaban J connectivity index is 2.33. The van der Waals surface area contributed by atoms with Crippen molar-refractivity contribution in [1.29, 1.82) is 0 Å². The molecule has 1 aliphatic rings. The van der Waals surface area contributed by atoms with Crippen molar-refractivity contribution in [3.8, 4) is 0 Å². The van der Waals surface area contributed by atoms with Crippen molar-refractivity contribution in [3.05, 3.63) is 12.3 Å². The predicted octanol–water partition coefficient (Wildman–Crippen LogP) is 2.26. The summed E-state index contributed by atoms with van der Waals surface area (Å²) < 4.78 is 0. The standard InChI is InChI=1S/C8H13ClN2/c1-2-3-4-7-5-6-10-8(9)11-7/h5-7H,2-4H2,1H3,(H,10,11). The van der Waals surface area contributed by atoms with Crippen LogP contribution in [-0.2, 0) is 0 Å². The van der Waals surface area contributed by atoms with Gasteiger partial charge in [-0.1, -0.05) is 19.8 Å². The van der Waals surface area contributed by atoms with Gasteiger partial charge in [0.1, 0.15) is 0 Å². The Morgan fingerprint density at radius 3 is 3.18 bits per heavy atom. The summed E-state index contributed by atoms with van der Waals surface area (Å²) in [6.45, 7) is 2.18. The Bertz CT molecular complexity index is 175. The molecule has 0 fully saturated rings. The first kappa shape index (κ1) is 8.60. The molecule has 1 N–H and O–H groups in total. The van der Waals surface area contributed by atoms with Gasteiger partial charge >= 0.3 is 0 Å². The van der Waals surface area contributed by atoms with E-state index in [1.54, 1.807) is 0 Å². The molecule has 0 aliphatic carbocycles. The fraction of sp³-hybridized carbons (Fsp3) is 0.625. The molecule has 2 nitrogen and oxygen atoms in total. The van der Waals surface area contributed by atoms with Gasteiger partial charge in [0.05, 0.1) is 6.04 Å². The molecule has 11 heavy (non-hydrogen) atoms. The number of nitrogens with one attached hydrogen (secondary N) is 1. The predicted molar refractivity (Wildman–Crippen MR) is 48.9 cm³/mol. The lowest BCUT2D eigenvalue weighted by Crippen LogP contribution is -2.19. The van der Waals surface area contributed by atoms with E-state index in [0.717, 1.165) is 6.42 Å². The van der Waals surface area contributed by atoms with Gasteiger partial charge in [-0.2, -0.15) is 0 Å². The van der Waals surface area contributed by atoms with E-state index in [0.29, 0.717) is 11.3 Å². The van der Waals surface area contributed by atoms with E-state index in [1.807, 2.05) is 12.3 Å². The maximum Gasteiger partial charge on any atom is 0.195 e. The lowest BCUT2D eigenvalue weighted by atomic mass is 10.1. The largest absolute Gasteiger partial charge is 0.337 e. The third-order valence-electron chi connectivity index (χ3n) is 1.65. The van der Waals surface area contributed by atoms with E-state index in [1.165, 1.54) is 12.8 Å². The van der Waals surface area contributed by atoms with Gasteiger partial charge in [-0.15, -0.1) is 0 Å². The van der Waals surface area contributed by atoms with Gasteiger partial charge in [-0.3, -0.25) is 4.99 Å². The van der Waals surface area contributed by atoms with Gasteiger partial charge in [0.25, 0.3) is 0 Å². The molecule has 1 atom stereocenters. The zero-order chi connectivity index (χ0) is 8.10. The van der Waals surface area contributed by atoms with Crippen molar-refractivity contribution < 1.29 is 0 Å². The zero-order valence-electron chi connectivity index (χ0n) is 6.68. The zero-order valence-corrected chi connectivity index (χ0v) is 7.43. The molecule has 0 saturated carbocycles. The summed E-state index contributed by atoms with van der Waals surface area (Å²) in [4.78, 5) is 4.20. The second-order valence-corrected chi connectivity index (χ2v) is 2.99. The molecule has 0 saturated heterocycles. The van der Waals surface area contributed by atoms with Crippen LogP contribution in [0, 0.1) is 0 Å². The van der Waals surface area contributed by atoms with Gasteiger partial charge in [0.2, 0.25) is 0 Å². The molecule has 0 amide bonds. The van der Waals surface area contributed by atoms with Gasteiger partial charge in [0.15, 0.2) is 5.29 Å². The van der Waals surface area contributed by atoms with Crippen molar-refractivity contribution in [2.24, 2.45) is 4.99 Å². The van der Waals surface area contributed by atoms with Crippen molar-refractivity contribution in [3.63, 3.8) is 0 Å². The first-order valence-electron chi connectivity index (χ1n) is 3.99. The highest BCUT2D eigenvalue weighted by Crippen LogP contribution is 2.09. The van der Waals surface area contributed by atoms with E-state index < -0.39 is 0 Å². The molecule has 1 heterocycles. The van der Waals surface area contributed by atoms with Gasteiger partial charge in [-0.25, -0.2) is 0 Å². The second kappa shape index (κ2) is 4.39. The highest BCUT2D eigenvalue weighted by molar-refractivity contribution is 6.64. The highest BCUT2D eigenvalue weighted by atomic mass is 35.5. The quantitative estimate of drug-likeness (QED) is 0.649. The van der Waals surface area contributed by atoms with Crippen LogP contribution in [0.3, 0.4) is 0 Å². The summed E-state index contributed by atoms with van der Waals surface area (Å²) in [5.74, 6) is 0. The first-order valence-corrected chi connectivity index (χ1v) is 4.37. The highest BCUT2D eigenvalue weighted by Gasteiger charge is 2.06. The molecule has 0 spiro atoms. The number of amidine groups is 1. The fourth-order valence-electron chi connectivity index (χ4n) is 1.03. The van der Waals surface area contributed by atoms with Crippen LogP contribution in [0.15, 0.2) is 17.3 Å². The van der Waals surface area contributed by atoms with Crippen molar-refractivity contribution in [2.45, 2.75) is 32.2 Å². The SMILES string of the molecule is CCCCC1C=CNC(Cl)=N1. The molecule has 1 unspecified atom stereocenters. The van der Waals surface area contributed by atoms with Gasteiger partial charge in [0, 0.05) is 6.20 Å². The molecule has 0 aromatic heterocycles. The van der Waals surface area contributed by atoms with Crippen LogP contribution in [0.2, 0.25) is 0 Å².